The fourth-order valence-electron chi connectivity index (χ4n) is 3.51. The van der Waals surface area contributed by atoms with E-state index in [0.717, 1.165) is 10.4 Å². The summed E-state index contributed by atoms with van der Waals surface area (Å²) in [6, 6.07) is 15.2. The summed E-state index contributed by atoms with van der Waals surface area (Å²) in [5.41, 5.74) is 7.56. The molecule has 0 saturated carbocycles. The maximum Gasteiger partial charge on any atom is 0.256 e. The molecule has 0 bridgehead atoms. The van der Waals surface area contributed by atoms with Gasteiger partial charge in [-0.2, -0.15) is 4.31 Å². The lowest BCUT2D eigenvalue weighted by molar-refractivity contribution is 0.100. The molecule has 0 radical (unpaired) electrons. The number of hydrogen-bond acceptors (Lipinski definition) is 5. The van der Waals surface area contributed by atoms with Gasteiger partial charge in [-0.1, -0.05) is 50.2 Å². The molecule has 0 spiro atoms. The van der Waals surface area contributed by atoms with Crippen LogP contribution >= 0.6 is 11.3 Å². The summed E-state index contributed by atoms with van der Waals surface area (Å²) in [6.07, 6.45) is 0. The summed E-state index contributed by atoms with van der Waals surface area (Å²) in [5.74, 6) is -1.17. The van der Waals surface area contributed by atoms with Crippen molar-refractivity contribution in [3.63, 3.8) is 0 Å². The first-order valence-corrected chi connectivity index (χ1v) is 12.4. The van der Waals surface area contributed by atoms with Gasteiger partial charge in [0, 0.05) is 29.1 Å². The first-order valence-electron chi connectivity index (χ1n) is 10.1. The third-order valence-electron chi connectivity index (χ3n) is 5.06. The zero-order valence-corrected chi connectivity index (χ0v) is 19.7. The lowest BCUT2D eigenvalue weighted by Crippen LogP contribution is -2.30. The molecule has 3 aromatic rings. The first-order chi connectivity index (χ1) is 15.2. The van der Waals surface area contributed by atoms with Gasteiger partial charge in [-0.3, -0.25) is 9.59 Å². The van der Waals surface area contributed by atoms with Gasteiger partial charge >= 0.3 is 0 Å². The molecule has 0 unspecified atom stereocenters. The number of anilines is 1. The third kappa shape index (κ3) is 4.59. The van der Waals surface area contributed by atoms with E-state index in [4.69, 9.17) is 5.73 Å². The molecule has 7 nitrogen and oxygen atoms in total. The SMILES string of the molecule is CCN(CC)S(=O)(=O)c1cccc(C(=O)Nc2sc(C)c(-c3ccccc3)c2C(N)=O)c1. The Morgan fingerprint density at radius 1 is 1.03 bits per heavy atom. The van der Waals surface area contributed by atoms with Gasteiger partial charge in [0.2, 0.25) is 10.0 Å². The zero-order valence-electron chi connectivity index (χ0n) is 18.1. The number of carbonyl (C=O) groups excluding carboxylic acids is 2. The Hall–Kier alpha value is -3.01. The van der Waals surface area contributed by atoms with E-state index in [-0.39, 0.29) is 16.0 Å². The summed E-state index contributed by atoms with van der Waals surface area (Å²) in [5, 5.41) is 3.07. The van der Waals surface area contributed by atoms with Gasteiger partial charge in [0.1, 0.15) is 5.00 Å². The second-order valence-electron chi connectivity index (χ2n) is 7.04. The standard InChI is InChI=1S/C23H25N3O4S2/c1-4-26(5-2)32(29,30)18-13-9-12-17(14-18)22(28)25-23-20(21(24)27)19(15(3)31-23)16-10-7-6-8-11-16/h6-14H,4-5H2,1-3H3,(H2,24,27)(H,25,28). The predicted octanol–water partition coefficient (Wildman–Crippen LogP) is 4.11. The number of nitrogens with two attached hydrogens (primary N) is 1. The van der Waals surface area contributed by atoms with Gasteiger partial charge in [-0.15, -0.1) is 11.3 Å². The van der Waals surface area contributed by atoms with Crippen molar-refractivity contribution >= 4 is 38.2 Å². The Kier molecular flexibility index (Phi) is 7.12. The molecule has 0 aliphatic rings. The van der Waals surface area contributed by atoms with Crippen LogP contribution in [0.25, 0.3) is 11.1 Å². The Balaban J connectivity index is 1.98. The number of nitrogens with zero attached hydrogens (tertiary/aromatic N) is 1. The van der Waals surface area contributed by atoms with Gasteiger partial charge in [-0.05, 0) is 30.7 Å². The number of hydrogen-bond donors (Lipinski definition) is 2. The lowest BCUT2D eigenvalue weighted by atomic mass is 10.0. The molecule has 168 valence electrons. The first kappa shape index (κ1) is 23.6. The minimum absolute atomic E-state index is 0.0382. The van der Waals surface area contributed by atoms with Crippen molar-refractivity contribution in [2.75, 3.05) is 18.4 Å². The van der Waals surface area contributed by atoms with Crippen molar-refractivity contribution in [1.29, 1.82) is 0 Å². The molecule has 0 fully saturated rings. The van der Waals surface area contributed by atoms with Gasteiger partial charge in [0.05, 0.1) is 10.5 Å². The number of aryl methyl sites for hydroxylation is 1. The normalized spacial score (nSPS) is 11.5. The predicted molar refractivity (Wildman–Crippen MR) is 128 cm³/mol. The van der Waals surface area contributed by atoms with Gasteiger partial charge < -0.3 is 11.1 Å². The van der Waals surface area contributed by atoms with Crippen molar-refractivity contribution in [2.24, 2.45) is 5.73 Å². The Bertz CT molecular complexity index is 1250. The Morgan fingerprint density at radius 3 is 2.28 bits per heavy atom. The van der Waals surface area contributed by atoms with E-state index in [9.17, 15) is 18.0 Å². The topological polar surface area (TPSA) is 110 Å². The number of amides is 2. The maximum absolute atomic E-state index is 13.0. The zero-order chi connectivity index (χ0) is 23.5. The van der Waals surface area contributed by atoms with Crippen LogP contribution in [-0.2, 0) is 10.0 Å². The summed E-state index contributed by atoms with van der Waals surface area (Å²) < 4.78 is 26.9. The van der Waals surface area contributed by atoms with Crippen molar-refractivity contribution in [2.45, 2.75) is 25.7 Å². The van der Waals surface area contributed by atoms with Crippen molar-refractivity contribution in [3.05, 3.63) is 70.6 Å². The molecule has 1 heterocycles. The lowest BCUT2D eigenvalue weighted by Gasteiger charge is -2.18. The maximum atomic E-state index is 13.0. The van der Waals surface area contributed by atoms with E-state index in [2.05, 4.69) is 5.32 Å². The highest BCUT2D eigenvalue weighted by Gasteiger charge is 2.25. The molecule has 0 aliphatic heterocycles. The van der Waals surface area contributed by atoms with E-state index in [0.29, 0.717) is 23.7 Å². The molecule has 0 atom stereocenters. The minimum Gasteiger partial charge on any atom is -0.365 e. The van der Waals surface area contributed by atoms with Crippen LogP contribution in [0.4, 0.5) is 5.00 Å². The van der Waals surface area contributed by atoms with Crippen LogP contribution in [-0.4, -0.2) is 37.6 Å². The molecule has 9 heteroatoms. The van der Waals surface area contributed by atoms with Gasteiger partial charge in [0.25, 0.3) is 11.8 Å². The molecule has 2 amide bonds. The van der Waals surface area contributed by atoms with Crippen molar-refractivity contribution in [3.8, 4) is 11.1 Å². The van der Waals surface area contributed by atoms with Crippen molar-refractivity contribution < 1.29 is 18.0 Å². The molecule has 2 aromatic carbocycles. The molecule has 3 rings (SSSR count). The molecule has 0 aliphatic carbocycles. The number of rotatable bonds is 8. The van der Waals surface area contributed by atoms with Crippen LogP contribution in [0.15, 0.2) is 59.5 Å². The summed E-state index contributed by atoms with van der Waals surface area (Å²) in [7, 11) is -3.71. The number of thiophene rings is 1. The number of benzene rings is 2. The van der Waals surface area contributed by atoms with Crippen LogP contribution in [0, 0.1) is 6.92 Å². The average Bonchev–Trinajstić information content (AvgIpc) is 3.10. The summed E-state index contributed by atoms with van der Waals surface area (Å²) in [4.78, 5) is 26.1. The Morgan fingerprint density at radius 2 is 1.69 bits per heavy atom. The summed E-state index contributed by atoms with van der Waals surface area (Å²) >= 11 is 1.25. The fraction of sp³-hybridized carbons (Fsp3) is 0.217. The number of carbonyl (C=O) groups is 2. The molecule has 0 saturated heterocycles. The summed E-state index contributed by atoms with van der Waals surface area (Å²) in [6.45, 7) is 6.02. The van der Waals surface area contributed by atoms with E-state index >= 15 is 0 Å². The van der Waals surface area contributed by atoms with E-state index in [1.165, 1.54) is 39.9 Å². The third-order valence-corrected chi connectivity index (χ3v) is 8.13. The van der Waals surface area contributed by atoms with Crippen LogP contribution in [0.5, 0.6) is 0 Å². The van der Waals surface area contributed by atoms with E-state index in [1.807, 2.05) is 37.3 Å². The second kappa shape index (κ2) is 9.64. The van der Waals surface area contributed by atoms with Crippen LogP contribution < -0.4 is 11.1 Å². The van der Waals surface area contributed by atoms with E-state index in [1.54, 1.807) is 13.8 Å². The minimum atomic E-state index is -3.71. The second-order valence-corrected chi connectivity index (χ2v) is 10.2. The largest absolute Gasteiger partial charge is 0.365 e. The van der Waals surface area contributed by atoms with Crippen molar-refractivity contribution in [1.82, 2.24) is 4.31 Å². The number of sulfonamides is 1. The average molecular weight is 472 g/mol. The monoisotopic (exact) mass is 471 g/mol. The highest BCUT2D eigenvalue weighted by Crippen LogP contribution is 2.39. The van der Waals surface area contributed by atoms with Gasteiger partial charge in [-0.25, -0.2) is 8.42 Å². The highest BCUT2D eigenvalue weighted by molar-refractivity contribution is 7.89. The van der Waals surface area contributed by atoms with Crippen LogP contribution in [0.3, 0.4) is 0 Å². The quantitative estimate of drug-likeness (QED) is 0.515. The Labute approximate surface area is 191 Å². The highest BCUT2D eigenvalue weighted by atomic mass is 32.2. The van der Waals surface area contributed by atoms with E-state index < -0.39 is 21.8 Å². The molecular formula is C23H25N3O4S2. The number of primary amides is 1. The smallest absolute Gasteiger partial charge is 0.256 e. The molecule has 32 heavy (non-hydrogen) atoms. The van der Waals surface area contributed by atoms with Gasteiger partial charge in [0.15, 0.2) is 0 Å². The van der Waals surface area contributed by atoms with Crippen LogP contribution in [0.1, 0.15) is 39.4 Å². The fourth-order valence-corrected chi connectivity index (χ4v) is 6.09. The molecule has 3 N–H and O–H groups in total. The molecular weight excluding hydrogens is 446 g/mol. The number of nitrogens with one attached hydrogen (secondary N) is 1. The molecule has 1 aromatic heterocycles. The van der Waals surface area contributed by atoms with Crippen LogP contribution in [0.2, 0.25) is 0 Å².